The molecule has 1 aromatic carbocycles. The van der Waals surface area contributed by atoms with E-state index in [0.717, 1.165) is 12.3 Å². The fourth-order valence-corrected chi connectivity index (χ4v) is 2.86. The van der Waals surface area contributed by atoms with Crippen molar-refractivity contribution in [1.82, 2.24) is 15.0 Å². The lowest BCUT2D eigenvalue weighted by Crippen LogP contribution is -2.12. The van der Waals surface area contributed by atoms with E-state index in [1.165, 1.54) is 13.2 Å². The highest BCUT2D eigenvalue weighted by atomic mass is 35.5. The molecule has 3 rings (SSSR count). The predicted octanol–water partition coefficient (Wildman–Crippen LogP) is 5.78. The van der Waals surface area contributed by atoms with Crippen LogP contribution in [0.4, 0.5) is 30.5 Å². The molecule has 2 N–H and O–H groups in total. The number of halogens is 4. The van der Waals surface area contributed by atoms with Gasteiger partial charge in [-0.25, -0.2) is 9.97 Å². The van der Waals surface area contributed by atoms with Crippen LogP contribution in [-0.2, 0) is 6.18 Å². The van der Waals surface area contributed by atoms with Crippen LogP contribution in [0.5, 0.6) is 5.75 Å². The van der Waals surface area contributed by atoms with Crippen LogP contribution >= 0.6 is 11.6 Å². The molecule has 0 spiro atoms. The summed E-state index contributed by atoms with van der Waals surface area (Å²) in [7, 11) is 1.52. The monoisotopic (exact) mass is 437 g/mol. The van der Waals surface area contributed by atoms with E-state index in [9.17, 15) is 13.2 Å². The van der Waals surface area contributed by atoms with E-state index in [1.54, 1.807) is 24.3 Å². The zero-order valence-corrected chi connectivity index (χ0v) is 17.1. The van der Waals surface area contributed by atoms with Gasteiger partial charge < -0.3 is 15.4 Å². The van der Waals surface area contributed by atoms with Gasteiger partial charge in [-0.05, 0) is 44.2 Å². The highest BCUT2D eigenvalue weighted by Gasteiger charge is 2.32. The smallest absolute Gasteiger partial charge is 0.433 e. The predicted molar refractivity (Wildman–Crippen MR) is 110 cm³/mol. The maximum atomic E-state index is 13.0. The maximum Gasteiger partial charge on any atom is 0.433 e. The van der Waals surface area contributed by atoms with Crippen LogP contribution < -0.4 is 15.4 Å². The van der Waals surface area contributed by atoms with Gasteiger partial charge in [0.2, 0.25) is 0 Å². The number of nitrogens with zero attached hydrogens (tertiary/aromatic N) is 3. The van der Waals surface area contributed by atoms with Gasteiger partial charge in [-0.2, -0.15) is 13.2 Å². The van der Waals surface area contributed by atoms with E-state index in [2.05, 4.69) is 25.6 Å². The fraction of sp³-hybridized carbons (Fsp3) is 0.250. The first-order valence-corrected chi connectivity index (χ1v) is 9.32. The van der Waals surface area contributed by atoms with E-state index < -0.39 is 11.9 Å². The maximum absolute atomic E-state index is 13.0. The number of nitrogens with one attached hydrogen (secondary N) is 2. The van der Waals surface area contributed by atoms with Gasteiger partial charge in [-0.3, -0.25) is 4.98 Å². The van der Waals surface area contributed by atoms with Crippen LogP contribution in [0.25, 0.3) is 11.4 Å². The summed E-state index contributed by atoms with van der Waals surface area (Å²) in [6.07, 6.45) is -3.46. The summed E-state index contributed by atoms with van der Waals surface area (Å²) in [6.45, 7) is 3.88. The van der Waals surface area contributed by atoms with Crippen molar-refractivity contribution in [1.29, 1.82) is 0 Å². The topological polar surface area (TPSA) is 72.0 Å². The minimum absolute atomic E-state index is 0.0762. The Morgan fingerprint density at radius 3 is 2.43 bits per heavy atom. The molecule has 3 aromatic rings. The van der Waals surface area contributed by atoms with Gasteiger partial charge >= 0.3 is 6.18 Å². The molecule has 158 valence electrons. The Kier molecular flexibility index (Phi) is 6.31. The summed E-state index contributed by atoms with van der Waals surface area (Å²) in [5.74, 6) is 1.67. The lowest BCUT2D eigenvalue weighted by Gasteiger charge is -2.14. The second-order valence-electron chi connectivity index (χ2n) is 6.69. The van der Waals surface area contributed by atoms with Crippen LogP contribution in [0.2, 0.25) is 5.02 Å². The molecule has 0 bridgehead atoms. The van der Waals surface area contributed by atoms with Gasteiger partial charge in [0.25, 0.3) is 0 Å². The highest BCUT2D eigenvalue weighted by molar-refractivity contribution is 6.31. The quantitative estimate of drug-likeness (QED) is 0.509. The molecule has 0 radical (unpaired) electrons. The first-order chi connectivity index (χ1) is 14.1. The molecule has 0 amide bonds. The molecule has 2 heterocycles. The molecule has 2 aromatic heterocycles. The molecule has 0 aliphatic carbocycles. The average molecular weight is 438 g/mol. The summed E-state index contributed by atoms with van der Waals surface area (Å²) in [5.41, 5.74) is -0.205. The Morgan fingerprint density at radius 1 is 1.03 bits per heavy atom. The van der Waals surface area contributed by atoms with Crippen molar-refractivity contribution >= 4 is 28.9 Å². The van der Waals surface area contributed by atoms with Crippen molar-refractivity contribution in [2.75, 3.05) is 17.7 Å². The minimum atomic E-state index is -4.55. The Balaban J connectivity index is 2.03. The second-order valence-corrected chi connectivity index (χ2v) is 7.13. The molecule has 10 heteroatoms. The number of methoxy groups -OCH3 is 1. The summed E-state index contributed by atoms with van der Waals surface area (Å²) in [4.78, 5) is 12.3. The lowest BCUT2D eigenvalue weighted by molar-refractivity contribution is -0.141. The molecule has 0 unspecified atom stereocenters. The van der Waals surface area contributed by atoms with Crippen LogP contribution in [0.3, 0.4) is 0 Å². The fourth-order valence-electron chi connectivity index (χ4n) is 2.63. The Morgan fingerprint density at radius 2 is 1.77 bits per heavy atom. The molecule has 0 saturated carbocycles. The third kappa shape index (κ3) is 5.50. The van der Waals surface area contributed by atoms with Gasteiger partial charge in [0.1, 0.15) is 23.1 Å². The number of benzene rings is 1. The van der Waals surface area contributed by atoms with Crippen LogP contribution in [0, 0.1) is 0 Å². The molecular weight excluding hydrogens is 419 g/mol. The van der Waals surface area contributed by atoms with E-state index in [0.29, 0.717) is 33.8 Å². The van der Waals surface area contributed by atoms with Gasteiger partial charge in [0.05, 0.1) is 7.11 Å². The molecule has 6 nitrogen and oxygen atoms in total. The van der Waals surface area contributed by atoms with Crippen molar-refractivity contribution in [3.8, 4) is 17.1 Å². The second kappa shape index (κ2) is 8.74. The average Bonchev–Trinajstić information content (AvgIpc) is 2.66. The van der Waals surface area contributed by atoms with Crippen LogP contribution in [-0.4, -0.2) is 28.1 Å². The Bertz CT molecular complexity index is 1040. The van der Waals surface area contributed by atoms with E-state index in [-0.39, 0.29) is 11.7 Å². The van der Waals surface area contributed by atoms with Crippen LogP contribution in [0.15, 0.2) is 42.6 Å². The first-order valence-electron chi connectivity index (χ1n) is 8.95. The van der Waals surface area contributed by atoms with Gasteiger partial charge in [-0.15, -0.1) is 0 Å². The SMILES string of the molecule is COc1cc(Cl)cc(-c2nc(Nc3ccnc(C(F)(F)F)c3)cc(NC(C)C)n2)c1. The first kappa shape index (κ1) is 21.6. The molecule has 0 saturated heterocycles. The largest absolute Gasteiger partial charge is 0.497 e. The lowest BCUT2D eigenvalue weighted by atomic mass is 10.2. The van der Waals surface area contributed by atoms with Crippen molar-refractivity contribution in [2.45, 2.75) is 26.1 Å². The van der Waals surface area contributed by atoms with E-state index in [4.69, 9.17) is 16.3 Å². The number of rotatable bonds is 6. The third-order valence-electron chi connectivity index (χ3n) is 3.85. The third-order valence-corrected chi connectivity index (χ3v) is 4.07. The van der Waals surface area contributed by atoms with Crippen molar-refractivity contribution < 1.29 is 17.9 Å². The number of aromatic nitrogens is 3. The standard InChI is InChI=1S/C20H19ClF3N5O/c1-11(2)26-17-10-18(27-14-4-5-25-16(9-14)20(22,23)24)29-19(28-17)12-6-13(21)8-15(7-12)30-3/h4-11H,1-3H3,(H2,25,26,27,28,29). The number of ether oxygens (including phenoxy) is 1. The summed E-state index contributed by atoms with van der Waals surface area (Å²) >= 11 is 6.15. The number of anilines is 3. The summed E-state index contributed by atoms with van der Waals surface area (Å²) < 4.78 is 44.1. The van der Waals surface area contributed by atoms with Crippen molar-refractivity contribution in [3.63, 3.8) is 0 Å². The zero-order valence-electron chi connectivity index (χ0n) is 16.4. The van der Waals surface area contributed by atoms with Gasteiger partial charge in [-0.1, -0.05) is 11.6 Å². The number of hydrogen-bond acceptors (Lipinski definition) is 6. The van der Waals surface area contributed by atoms with E-state index >= 15 is 0 Å². The highest BCUT2D eigenvalue weighted by Crippen LogP contribution is 2.31. The molecular formula is C20H19ClF3N5O. The zero-order chi connectivity index (χ0) is 21.9. The summed E-state index contributed by atoms with van der Waals surface area (Å²) in [6, 6.07) is 9.07. The number of alkyl halides is 3. The minimum Gasteiger partial charge on any atom is -0.497 e. The number of pyridine rings is 1. The van der Waals surface area contributed by atoms with Crippen molar-refractivity contribution in [3.05, 3.63) is 53.3 Å². The number of hydrogen-bond donors (Lipinski definition) is 2. The van der Waals surface area contributed by atoms with Crippen molar-refractivity contribution in [2.24, 2.45) is 0 Å². The van der Waals surface area contributed by atoms with E-state index in [1.807, 2.05) is 13.8 Å². The molecule has 0 aliphatic rings. The van der Waals surface area contributed by atoms with Gasteiger partial charge in [0.15, 0.2) is 5.82 Å². The van der Waals surface area contributed by atoms with Crippen LogP contribution in [0.1, 0.15) is 19.5 Å². The Hall–Kier alpha value is -3.07. The Labute approximate surface area is 176 Å². The molecule has 0 aliphatic heterocycles. The molecule has 0 atom stereocenters. The molecule has 0 fully saturated rings. The molecule has 30 heavy (non-hydrogen) atoms. The van der Waals surface area contributed by atoms with Gasteiger partial charge in [0, 0.05) is 34.6 Å². The normalized spacial score (nSPS) is 11.5. The summed E-state index contributed by atoms with van der Waals surface area (Å²) in [5, 5.41) is 6.50.